The molecule has 4 rings (SSSR count). The molecule has 0 unspecified atom stereocenters. The summed E-state index contributed by atoms with van der Waals surface area (Å²) in [6, 6.07) is 5.70. The van der Waals surface area contributed by atoms with Gasteiger partial charge in [-0.15, -0.1) is 0 Å². The number of anilines is 1. The second kappa shape index (κ2) is 5.81. The lowest BCUT2D eigenvalue weighted by molar-refractivity contribution is 0.178. The van der Waals surface area contributed by atoms with Gasteiger partial charge in [-0.05, 0) is 65.0 Å². The van der Waals surface area contributed by atoms with Crippen molar-refractivity contribution in [3.63, 3.8) is 0 Å². The minimum absolute atomic E-state index is 0.0370. The van der Waals surface area contributed by atoms with Crippen LogP contribution in [-0.2, 0) is 6.42 Å². The van der Waals surface area contributed by atoms with E-state index < -0.39 is 5.95 Å². The Kier molecular flexibility index (Phi) is 3.75. The van der Waals surface area contributed by atoms with E-state index in [-0.39, 0.29) is 23.9 Å². The van der Waals surface area contributed by atoms with Gasteiger partial charge >= 0.3 is 6.03 Å². The number of urea groups is 1. The lowest BCUT2D eigenvalue weighted by Crippen LogP contribution is -2.44. The first kappa shape index (κ1) is 15.5. The number of hydrogen-bond donors (Lipinski definition) is 1. The number of pyridine rings is 1. The van der Waals surface area contributed by atoms with Crippen molar-refractivity contribution in [2.75, 3.05) is 5.32 Å². The number of benzene rings is 1. The fraction of sp³-hybridized carbons (Fsp3) is 0.294. The topological polar surface area (TPSA) is 45.2 Å². The highest BCUT2D eigenvalue weighted by molar-refractivity contribution is 9.10. The van der Waals surface area contributed by atoms with E-state index in [4.69, 9.17) is 0 Å². The Morgan fingerprint density at radius 3 is 2.92 bits per heavy atom. The van der Waals surface area contributed by atoms with Crippen LogP contribution in [0.1, 0.15) is 30.0 Å². The van der Waals surface area contributed by atoms with Crippen LogP contribution in [0.25, 0.3) is 0 Å². The number of carbonyl (C=O) groups excluding carboxylic acids is 1. The van der Waals surface area contributed by atoms with Gasteiger partial charge in [0.25, 0.3) is 0 Å². The normalized spacial score (nSPS) is 21.5. The fourth-order valence-electron chi connectivity index (χ4n) is 3.69. The summed E-state index contributed by atoms with van der Waals surface area (Å²) < 4.78 is 27.5. The predicted molar refractivity (Wildman–Crippen MR) is 88.6 cm³/mol. The van der Waals surface area contributed by atoms with Gasteiger partial charge in [0.05, 0.1) is 10.5 Å². The number of hydrogen-bond acceptors (Lipinski definition) is 2. The second-order valence-electron chi connectivity index (χ2n) is 6.09. The Hall–Kier alpha value is -2.02. The number of halogens is 3. The zero-order chi connectivity index (χ0) is 16.8. The molecule has 2 bridgehead atoms. The number of carbonyl (C=O) groups is 1. The van der Waals surface area contributed by atoms with E-state index in [1.54, 1.807) is 11.0 Å². The molecule has 24 heavy (non-hydrogen) atoms. The van der Waals surface area contributed by atoms with Crippen LogP contribution in [0.3, 0.4) is 0 Å². The predicted octanol–water partition coefficient (Wildman–Crippen LogP) is 4.42. The Labute approximate surface area is 146 Å². The number of fused-ring (bicyclic) bond motifs is 4. The van der Waals surface area contributed by atoms with E-state index in [2.05, 4.69) is 26.2 Å². The number of nitrogens with zero attached hydrogens (tertiary/aromatic N) is 2. The highest BCUT2D eigenvalue weighted by Gasteiger charge is 2.43. The third kappa shape index (κ3) is 2.47. The van der Waals surface area contributed by atoms with Gasteiger partial charge in [-0.1, -0.05) is 0 Å². The van der Waals surface area contributed by atoms with Crippen LogP contribution in [0.4, 0.5) is 19.3 Å². The van der Waals surface area contributed by atoms with Crippen molar-refractivity contribution in [2.45, 2.75) is 31.3 Å². The Balaban J connectivity index is 1.61. The summed E-state index contributed by atoms with van der Waals surface area (Å²) in [6.07, 6.45) is 3.56. The van der Waals surface area contributed by atoms with Crippen LogP contribution in [0.5, 0.6) is 0 Å². The maximum absolute atomic E-state index is 13.9. The first-order valence-corrected chi connectivity index (χ1v) is 8.51. The molecule has 0 spiro atoms. The van der Waals surface area contributed by atoms with Crippen molar-refractivity contribution < 1.29 is 13.6 Å². The molecule has 2 amide bonds. The lowest BCUT2D eigenvalue weighted by atomic mass is 9.95. The monoisotopic (exact) mass is 393 g/mol. The third-order valence-electron chi connectivity index (χ3n) is 4.75. The van der Waals surface area contributed by atoms with Crippen LogP contribution in [0, 0.1) is 11.8 Å². The molecule has 1 saturated heterocycles. The zero-order valence-corrected chi connectivity index (χ0v) is 14.2. The number of aromatic nitrogens is 1. The molecule has 2 aliphatic heterocycles. The van der Waals surface area contributed by atoms with Crippen molar-refractivity contribution in [3.8, 4) is 0 Å². The molecule has 3 heterocycles. The molecule has 1 N–H and O–H groups in total. The van der Waals surface area contributed by atoms with Crippen molar-refractivity contribution in [3.05, 3.63) is 57.8 Å². The van der Waals surface area contributed by atoms with E-state index in [1.165, 1.54) is 24.4 Å². The number of rotatable bonds is 1. The summed E-state index contributed by atoms with van der Waals surface area (Å²) in [7, 11) is 0. The molecule has 2 aliphatic rings. The summed E-state index contributed by atoms with van der Waals surface area (Å²) in [6.45, 7) is 0. The Morgan fingerprint density at radius 2 is 2.12 bits per heavy atom. The smallest absolute Gasteiger partial charge is 0.314 e. The van der Waals surface area contributed by atoms with E-state index in [0.717, 1.165) is 18.4 Å². The van der Waals surface area contributed by atoms with Crippen LogP contribution >= 0.6 is 15.9 Å². The molecular formula is C17H14BrF2N3O. The molecule has 7 heteroatoms. The van der Waals surface area contributed by atoms with Gasteiger partial charge in [-0.3, -0.25) is 0 Å². The van der Waals surface area contributed by atoms with Gasteiger partial charge in [-0.2, -0.15) is 4.39 Å². The minimum Gasteiger partial charge on any atom is -0.314 e. The first-order chi connectivity index (χ1) is 11.5. The van der Waals surface area contributed by atoms with Crippen molar-refractivity contribution >= 4 is 27.6 Å². The zero-order valence-electron chi connectivity index (χ0n) is 12.6. The van der Waals surface area contributed by atoms with Crippen LogP contribution in [0.15, 0.2) is 34.9 Å². The highest BCUT2D eigenvalue weighted by atomic mass is 79.9. The van der Waals surface area contributed by atoms with Crippen molar-refractivity contribution in [1.29, 1.82) is 0 Å². The van der Waals surface area contributed by atoms with Gasteiger partial charge in [0, 0.05) is 23.5 Å². The summed E-state index contributed by atoms with van der Waals surface area (Å²) >= 11 is 3.11. The van der Waals surface area contributed by atoms with E-state index in [1.807, 2.05) is 0 Å². The van der Waals surface area contributed by atoms with E-state index >= 15 is 0 Å². The molecule has 1 aromatic carbocycles. The van der Waals surface area contributed by atoms with Crippen LogP contribution in [-0.4, -0.2) is 22.0 Å². The van der Waals surface area contributed by atoms with Gasteiger partial charge in [0.15, 0.2) is 0 Å². The molecule has 1 aromatic heterocycles. The van der Waals surface area contributed by atoms with Crippen molar-refractivity contribution in [1.82, 2.24) is 9.88 Å². The van der Waals surface area contributed by atoms with Crippen molar-refractivity contribution in [2.24, 2.45) is 0 Å². The maximum atomic E-state index is 13.9. The molecular weight excluding hydrogens is 380 g/mol. The number of amides is 2. The van der Waals surface area contributed by atoms with Crippen LogP contribution < -0.4 is 5.32 Å². The molecule has 0 saturated carbocycles. The second-order valence-corrected chi connectivity index (χ2v) is 6.94. The molecule has 0 aliphatic carbocycles. The maximum Gasteiger partial charge on any atom is 0.322 e. The number of nitrogens with one attached hydrogen (secondary N) is 1. The summed E-state index contributed by atoms with van der Waals surface area (Å²) in [4.78, 5) is 18.2. The molecule has 2 atom stereocenters. The average molecular weight is 394 g/mol. The first-order valence-electron chi connectivity index (χ1n) is 7.72. The fourth-order valence-corrected chi connectivity index (χ4v) is 4.07. The SMILES string of the molecule is O=C(Nc1ccc(F)c(Br)c1)N1[C@H]2CC[C@@H]1c1ccnc(F)c1C2. The van der Waals surface area contributed by atoms with Gasteiger partial charge in [-0.25, -0.2) is 14.2 Å². The minimum atomic E-state index is -0.438. The van der Waals surface area contributed by atoms with E-state index in [9.17, 15) is 13.6 Å². The Bertz CT molecular complexity index is 829. The van der Waals surface area contributed by atoms with Gasteiger partial charge in [0.1, 0.15) is 5.82 Å². The Morgan fingerprint density at radius 1 is 1.29 bits per heavy atom. The van der Waals surface area contributed by atoms with Gasteiger partial charge < -0.3 is 10.2 Å². The summed E-state index contributed by atoms with van der Waals surface area (Å²) in [5.74, 6) is -0.824. The molecule has 4 nitrogen and oxygen atoms in total. The van der Waals surface area contributed by atoms with E-state index in [0.29, 0.717) is 22.1 Å². The largest absolute Gasteiger partial charge is 0.322 e. The van der Waals surface area contributed by atoms with Crippen LogP contribution in [0.2, 0.25) is 0 Å². The summed E-state index contributed by atoms with van der Waals surface area (Å²) in [5.41, 5.74) is 1.98. The van der Waals surface area contributed by atoms with Gasteiger partial charge in [0.2, 0.25) is 5.95 Å². The third-order valence-corrected chi connectivity index (χ3v) is 5.35. The molecule has 2 aromatic rings. The lowest BCUT2D eigenvalue weighted by Gasteiger charge is -2.36. The standard InChI is InChI=1S/C17H14BrF2N3O/c18-13-7-9(1-3-14(13)19)22-17(24)23-10-2-4-15(23)11-5-6-21-16(20)12(11)8-10/h1,3,5-7,10,15H,2,4,8H2,(H,22,24)/t10-,15+/m0/s1. The molecule has 124 valence electrons. The molecule has 0 radical (unpaired) electrons. The molecule has 1 fully saturated rings. The highest BCUT2D eigenvalue weighted by Crippen LogP contribution is 2.44. The average Bonchev–Trinajstić information content (AvgIpc) is 2.87. The quantitative estimate of drug-likeness (QED) is 0.729. The summed E-state index contributed by atoms with van der Waals surface area (Å²) in [5, 5.41) is 2.81.